The number of hydrogen-bond donors (Lipinski definition) is 0. The number of carbonyl (C=O) groups excluding carboxylic acids is 2. The average Bonchev–Trinajstić information content (AvgIpc) is 2.93. The minimum Gasteiger partial charge on any atom is -0.465 e. The van der Waals surface area contributed by atoms with Gasteiger partial charge in [0.25, 0.3) is 0 Å². The van der Waals surface area contributed by atoms with Crippen molar-refractivity contribution in [2.75, 3.05) is 14.2 Å². The minimum absolute atomic E-state index is 0.0317. The molecule has 0 saturated carbocycles. The molecule has 24 heavy (non-hydrogen) atoms. The Bertz CT molecular complexity index is 715. The summed E-state index contributed by atoms with van der Waals surface area (Å²) in [5.41, 5.74) is 2.74. The Balaban J connectivity index is 1.91. The first-order chi connectivity index (χ1) is 11.4. The first-order valence-electron chi connectivity index (χ1n) is 7.88. The molecule has 0 aliphatic carbocycles. The van der Waals surface area contributed by atoms with Crippen LogP contribution in [0.5, 0.6) is 0 Å². The number of esters is 1. The van der Waals surface area contributed by atoms with Crippen LogP contribution >= 0.6 is 0 Å². The van der Waals surface area contributed by atoms with Gasteiger partial charge in [-0.25, -0.2) is 4.79 Å². The Kier molecular flexibility index (Phi) is 5.79. The number of furan rings is 1. The lowest BCUT2D eigenvalue weighted by atomic mass is 10.1. The lowest BCUT2D eigenvalue weighted by Crippen LogP contribution is -2.26. The molecule has 2 aromatic rings. The van der Waals surface area contributed by atoms with E-state index in [2.05, 4.69) is 0 Å². The van der Waals surface area contributed by atoms with Crippen molar-refractivity contribution >= 4 is 11.9 Å². The van der Waals surface area contributed by atoms with Crippen molar-refractivity contribution < 1.29 is 18.7 Å². The molecule has 2 rings (SSSR count). The highest BCUT2D eigenvalue weighted by molar-refractivity contribution is 5.90. The van der Waals surface area contributed by atoms with Gasteiger partial charge in [-0.15, -0.1) is 0 Å². The van der Waals surface area contributed by atoms with Crippen LogP contribution in [0.4, 0.5) is 0 Å². The largest absolute Gasteiger partial charge is 0.465 e. The minimum atomic E-state index is -0.434. The van der Waals surface area contributed by atoms with Gasteiger partial charge in [-0.1, -0.05) is 29.8 Å². The first kappa shape index (κ1) is 17.8. The number of methoxy groups -OCH3 is 1. The first-order valence-corrected chi connectivity index (χ1v) is 7.88. The topological polar surface area (TPSA) is 59.8 Å². The SMILES string of the molecule is COC(=O)c1cc(CN(C)C(=O)CCc2ccc(C)cc2)oc1C. The second kappa shape index (κ2) is 7.81. The monoisotopic (exact) mass is 329 g/mol. The summed E-state index contributed by atoms with van der Waals surface area (Å²) in [7, 11) is 3.06. The average molecular weight is 329 g/mol. The molecule has 0 unspecified atom stereocenters. The molecule has 1 amide bonds. The van der Waals surface area contributed by atoms with Crippen LogP contribution in [-0.2, 0) is 22.5 Å². The summed E-state index contributed by atoms with van der Waals surface area (Å²) in [4.78, 5) is 25.5. The van der Waals surface area contributed by atoms with Crippen molar-refractivity contribution in [3.63, 3.8) is 0 Å². The van der Waals surface area contributed by atoms with E-state index in [4.69, 9.17) is 9.15 Å². The summed E-state index contributed by atoms with van der Waals surface area (Å²) in [5.74, 6) is 0.663. The zero-order valence-corrected chi connectivity index (χ0v) is 14.6. The van der Waals surface area contributed by atoms with Gasteiger partial charge in [0.05, 0.1) is 13.7 Å². The van der Waals surface area contributed by atoms with Crippen molar-refractivity contribution in [2.24, 2.45) is 0 Å². The maximum atomic E-state index is 12.3. The second-order valence-electron chi connectivity index (χ2n) is 5.91. The predicted octanol–water partition coefficient (Wildman–Crippen LogP) is 3.27. The number of benzene rings is 1. The molecule has 0 fully saturated rings. The van der Waals surface area contributed by atoms with E-state index in [1.54, 1.807) is 24.9 Å². The molecular formula is C19H23NO4. The molecule has 0 aliphatic rings. The summed E-state index contributed by atoms with van der Waals surface area (Å²) < 4.78 is 10.2. The third-order valence-corrected chi connectivity index (χ3v) is 3.94. The summed E-state index contributed by atoms with van der Waals surface area (Å²) >= 11 is 0. The number of carbonyl (C=O) groups is 2. The molecule has 0 saturated heterocycles. The fourth-order valence-electron chi connectivity index (χ4n) is 2.45. The molecular weight excluding hydrogens is 306 g/mol. The van der Waals surface area contributed by atoms with Crippen molar-refractivity contribution in [3.8, 4) is 0 Å². The Labute approximate surface area is 142 Å². The summed E-state index contributed by atoms with van der Waals surface area (Å²) in [6, 6.07) is 9.81. The Morgan fingerprint density at radius 3 is 2.46 bits per heavy atom. The van der Waals surface area contributed by atoms with Gasteiger partial charge in [-0.3, -0.25) is 4.79 Å². The fraction of sp³-hybridized carbons (Fsp3) is 0.368. The van der Waals surface area contributed by atoms with E-state index in [-0.39, 0.29) is 5.91 Å². The Hall–Kier alpha value is -2.56. The van der Waals surface area contributed by atoms with Gasteiger partial charge in [0.2, 0.25) is 5.91 Å². The fourth-order valence-corrected chi connectivity index (χ4v) is 2.45. The van der Waals surface area contributed by atoms with Crippen molar-refractivity contribution in [1.29, 1.82) is 0 Å². The standard InChI is InChI=1S/C19H23NO4/c1-13-5-7-15(8-6-13)9-10-18(21)20(3)12-16-11-17(14(2)24-16)19(22)23-4/h5-8,11H,9-10,12H2,1-4H3. The van der Waals surface area contributed by atoms with Crippen molar-refractivity contribution in [3.05, 3.63) is 58.5 Å². The van der Waals surface area contributed by atoms with Gasteiger partial charge >= 0.3 is 5.97 Å². The number of hydrogen-bond acceptors (Lipinski definition) is 4. The summed E-state index contributed by atoms with van der Waals surface area (Å²) in [5, 5.41) is 0. The van der Waals surface area contributed by atoms with E-state index in [0.717, 1.165) is 5.56 Å². The molecule has 1 aromatic carbocycles. The van der Waals surface area contributed by atoms with Gasteiger partial charge in [-0.2, -0.15) is 0 Å². The molecule has 0 aliphatic heterocycles. The van der Waals surface area contributed by atoms with Crippen LogP contribution in [0.25, 0.3) is 0 Å². The van der Waals surface area contributed by atoms with E-state index in [9.17, 15) is 9.59 Å². The summed E-state index contributed by atoms with van der Waals surface area (Å²) in [6.07, 6.45) is 1.14. The van der Waals surface area contributed by atoms with E-state index >= 15 is 0 Å². The van der Waals surface area contributed by atoms with E-state index < -0.39 is 5.97 Å². The van der Waals surface area contributed by atoms with Crippen molar-refractivity contribution in [2.45, 2.75) is 33.2 Å². The normalized spacial score (nSPS) is 10.5. The van der Waals surface area contributed by atoms with E-state index in [0.29, 0.717) is 36.5 Å². The van der Waals surface area contributed by atoms with Crippen LogP contribution in [0.3, 0.4) is 0 Å². The van der Waals surface area contributed by atoms with Gasteiger partial charge in [0.1, 0.15) is 17.1 Å². The predicted molar refractivity (Wildman–Crippen MR) is 90.8 cm³/mol. The highest BCUT2D eigenvalue weighted by Gasteiger charge is 2.17. The lowest BCUT2D eigenvalue weighted by Gasteiger charge is -2.15. The smallest absolute Gasteiger partial charge is 0.341 e. The lowest BCUT2D eigenvalue weighted by molar-refractivity contribution is -0.130. The van der Waals surface area contributed by atoms with Crippen LogP contribution in [-0.4, -0.2) is 30.9 Å². The van der Waals surface area contributed by atoms with Gasteiger partial charge in [-0.05, 0) is 31.9 Å². The van der Waals surface area contributed by atoms with Crippen LogP contribution in [0, 0.1) is 13.8 Å². The molecule has 1 heterocycles. The molecule has 0 atom stereocenters. The number of ether oxygens (including phenoxy) is 1. The third-order valence-electron chi connectivity index (χ3n) is 3.94. The zero-order valence-electron chi connectivity index (χ0n) is 14.6. The Morgan fingerprint density at radius 1 is 1.17 bits per heavy atom. The van der Waals surface area contributed by atoms with Gasteiger partial charge < -0.3 is 14.1 Å². The van der Waals surface area contributed by atoms with E-state index in [1.165, 1.54) is 12.7 Å². The second-order valence-corrected chi connectivity index (χ2v) is 5.91. The highest BCUT2D eigenvalue weighted by Crippen LogP contribution is 2.17. The number of rotatable bonds is 6. The highest BCUT2D eigenvalue weighted by atomic mass is 16.5. The molecule has 0 N–H and O–H groups in total. The molecule has 5 heteroatoms. The zero-order chi connectivity index (χ0) is 17.7. The molecule has 0 bridgehead atoms. The van der Waals surface area contributed by atoms with Crippen LogP contribution in [0.15, 0.2) is 34.7 Å². The maximum Gasteiger partial charge on any atom is 0.341 e. The Morgan fingerprint density at radius 2 is 1.83 bits per heavy atom. The van der Waals surface area contributed by atoms with Crippen LogP contribution in [0.2, 0.25) is 0 Å². The molecule has 128 valence electrons. The molecule has 0 spiro atoms. The maximum absolute atomic E-state index is 12.3. The molecule has 0 radical (unpaired) electrons. The van der Waals surface area contributed by atoms with Gasteiger partial charge in [0, 0.05) is 13.5 Å². The van der Waals surface area contributed by atoms with Crippen LogP contribution < -0.4 is 0 Å². The van der Waals surface area contributed by atoms with E-state index in [1.807, 2.05) is 31.2 Å². The third kappa shape index (κ3) is 4.47. The number of amides is 1. The summed E-state index contributed by atoms with van der Waals surface area (Å²) in [6.45, 7) is 4.07. The number of nitrogens with zero attached hydrogens (tertiary/aromatic N) is 1. The van der Waals surface area contributed by atoms with Crippen LogP contribution in [0.1, 0.15) is 39.4 Å². The molecule has 5 nitrogen and oxygen atoms in total. The quantitative estimate of drug-likeness (QED) is 0.763. The molecule has 1 aromatic heterocycles. The van der Waals surface area contributed by atoms with Gasteiger partial charge in [0.15, 0.2) is 0 Å². The van der Waals surface area contributed by atoms with Crippen molar-refractivity contribution in [1.82, 2.24) is 4.90 Å². The number of aryl methyl sites for hydroxylation is 3.